The third kappa shape index (κ3) is 4.15. The predicted molar refractivity (Wildman–Crippen MR) is 92.0 cm³/mol. The first-order chi connectivity index (χ1) is 11.2. The van der Waals surface area contributed by atoms with Gasteiger partial charge >= 0.3 is 0 Å². The summed E-state index contributed by atoms with van der Waals surface area (Å²) >= 11 is 0. The Kier molecular flexibility index (Phi) is 5.01. The number of rotatable bonds is 5. The molecule has 1 aromatic heterocycles. The highest BCUT2D eigenvalue weighted by atomic mass is 16.3. The van der Waals surface area contributed by atoms with E-state index in [9.17, 15) is 4.79 Å². The lowest BCUT2D eigenvalue weighted by Crippen LogP contribution is -2.29. The number of piperidine rings is 1. The molecule has 4 nitrogen and oxygen atoms in total. The van der Waals surface area contributed by atoms with Crippen LogP contribution in [0.4, 0.5) is 5.69 Å². The van der Waals surface area contributed by atoms with E-state index in [0.717, 1.165) is 24.6 Å². The molecule has 1 aromatic carbocycles. The molecule has 2 aromatic rings. The molecule has 1 aliphatic rings. The SMILES string of the molecule is Cc1ccc(CCNC(=O)c2ccc(N3CCCCC3)cc2)o1. The number of anilines is 1. The number of hydrogen-bond donors (Lipinski definition) is 1. The van der Waals surface area contributed by atoms with E-state index in [1.165, 1.54) is 24.9 Å². The molecule has 1 aliphatic heterocycles. The molecule has 3 rings (SSSR count). The van der Waals surface area contributed by atoms with Crippen molar-refractivity contribution in [3.8, 4) is 0 Å². The fourth-order valence-electron chi connectivity index (χ4n) is 3.00. The highest BCUT2D eigenvalue weighted by molar-refractivity contribution is 5.94. The molecule has 23 heavy (non-hydrogen) atoms. The summed E-state index contributed by atoms with van der Waals surface area (Å²) in [6, 6.07) is 11.8. The number of benzene rings is 1. The van der Waals surface area contributed by atoms with E-state index >= 15 is 0 Å². The van der Waals surface area contributed by atoms with Gasteiger partial charge in [0, 0.05) is 37.3 Å². The van der Waals surface area contributed by atoms with Crippen molar-refractivity contribution in [2.45, 2.75) is 32.6 Å². The summed E-state index contributed by atoms with van der Waals surface area (Å²) in [7, 11) is 0. The average molecular weight is 312 g/mol. The van der Waals surface area contributed by atoms with Gasteiger partial charge < -0.3 is 14.6 Å². The van der Waals surface area contributed by atoms with Gasteiger partial charge in [-0.1, -0.05) is 0 Å². The fraction of sp³-hybridized carbons (Fsp3) is 0.421. The Morgan fingerprint density at radius 3 is 2.48 bits per heavy atom. The molecule has 4 heteroatoms. The first kappa shape index (κ1) is 15.7. The predicted octanol–water partition coefficient (Wildman–Crippen LogP) is 3.55. The van der Waals surface area contributed by atoms with Gasteiger partial charge in [0.2, 0.25) is 0 Å². The largest absolute Gasteiger partial charge is 0.466 e. The van der Waals surface area contributed by atoms with E-state index in [-0.39, 0.29) is 5.91 Å². The Balaban J connectivity index is 1.50. The van der Waals surface area contributed by atoms with Crippen LogP contribution in [0.2, 0.25) is 0 Å². The molecule has 0 bridgehead atoms. The van der Waals surface area contributed by atoms with Crippen LogP contribution in [0, 0.1) is 6.92 Å². The molecule has 0 atom stereocenters. The van der Waals surface area contributed by atoms with Crippen LogP contribution in [0.15, 0.2) is 40.8 Å². The topological polar surface area (TPSA) is 45.5 Å². The Morgan fingerprint density at radius 2 is 1.83 bits per heavy atom. The minimum atomic E-state index is -0.0292. The first-order valence-electron chi connectivity index (χ1n) is 8.41. The lowest BCUT2D eigenvalue weighted by molar-refractivity contribution is 0.0953. The molecule has 2 heterocycles. The number of amides is 1. The summed E-state index contributed by atoms with van der Waals surface area (Å²) in [6.45, 7) is 4.74. The van der Waals surface area contributed by atoms with Gasteiger partial charge in [-0.25, -0.2) is 0 Å². The number of nitrogens with one attached hydrogen (secondary N) is 1. The highest BCUT2D eigenvalue weighted by Gasteiger charge is 2.12. The van der Waals surface area contributed by atoms with Crippen molar-refractivity contribution in [1.82, 2.24) is 5.32 Å². The van der Waals surface area contributed by atoms with Crippen molar-refractivity contribution in [2.24, 2.45) is 0 Å². The summed E-state index contributed by atoms with van der Waals surface area (Å²) < 4.78 is 5.50. The van der Waals surface area contributed by atoms with Crippen LogP contribution >= 0.6 is 0 Å². The zero-order valence-corrected chi connectivity index (χ0v) is 13.7. The second kappa shape index (κ2) is 7.36. The van der Waals surface area contributed by atoms with Gasteiger partial charge in [-0.3, -0.25) is 4.79 Å². The number of hydrogen-bond acceptors (Lipinski definition) is 3. The van der Waals surface area contributed by atoms with Crippen LogP contribution in [0.3, 0.4) is 0 Å². The van der Waals surface area contributed by atoms with Crippen LogP contribution in [0.5, 0.6) is 0 Å². The maximum Gasteiger partial charge on any atom is 0.251 e. The summed E-state index contributed by atoms with van der Waals surface area (Å²) in [4.78, 5) is 14.6. The van der Waals surface area contributed by atoms with Crippen molar-refractivity contribution >= 4 is 11.6 Å². The number of carbonyl (C=O) groups excluding carboxylic acids is 1. The molecule has 0 radical (unpaired) electrons. The standard InChI is InChI=1S/C19H24N2O2/c1-15-5-10-18(23-15)11-12-20-19(22)16-6-8-17(9-7-16)21-13-3-2-4-14-21/h5-10H,2-4,11-14H2,1H3,(H,20,22). The third-order valence-corrected chi connectivity index (χ3v) is 4.30. The van der Waals surface area contributed by atoms with Gasteiger partial charge in [0.05, 0.1) is 0 Å². The van der Waals surface area contributed by atoms with E-state index in [0.29, 0.717) is 18.5 Å². The highest BCUT2D eigenvalue weighted by Crippen LogP contribution is 2.20. The number of carbonyl (C=O) groups is 1. The van der Waals surface area contributed by atoms with Gasteiger partial charge in [-0.05, 0) is 62.6 Å². The molecule has 1 saturated heterocycles. The second-order valence-electron chi connectivity index (χ2n) is 6.11. The maximum atomic E-state index is 12.2. The number of nitrogens with zero attached hydrogens (tertiary/aromatic N) is 1. The van der Waals surface area contributed by atoms with Crippen molar-refractivity contribution in [3.63, 3.8) is 0 Å². The molecule has 1 amide bonds. The second-order valence-corrected chi connectivity index (χ2v) is 6.11. The van der Waals surface area contributed by atoms with E-state index in [1.54, 1.807) is 0 Å². The maximum absolute atomic E-state index is 12.2. The Bertz CT molecular complexity index is 640. The lowest BCUT2D eigenvalue weighted by Gasteiger charge is -2.28. The summed E-state index contributed by atoms with van der Waals surface area (Å²) in [5, 5.41) is 2.94. The zero-order valence-electron chi connectivity index (χ0n) is 13.7. The lowest BCUT2D eigenvalue weighted by atomic mass is 10.1. The van der Waals surface area contributed by atoms with Crippen LogP contribution in [-0.2, 0) is 6.42 Å². The number of aryl methyl sites for hydroxylation is 1. The number of furan rings is 1. The van der Waals surface area contributed by atoms with E-state index in [4.69, 9.17) is 4.42 Å². The Hall–Kier alpha value is -2.23. The molecule has 0 spiro atoms. The van der Waals surface area contributed by atoms with Crippen molar-refractivity contribution in [2.75, 3.05) is 24.5 Å². The molecule has 0 saturated carbocycles. The monoisotopic (exact) mass is 312 g/mol. The van der Waals surface area contributed by atoms with E-state index < -0.39 is 0 Å². The zero-order chi connectivity index (χ0) is 16.1. The van der Waals surface area contributed by atoms with E-state index in [1.807, 2.05) is 31.2 Å². The molecule has 1 N–H and O–H groups in total. The van der Waals surface area contributed by atoms with Gasteiger partial charge in [0.1, 0.15) is 11.5 Å². The van der Waals surface area contributed by atoms with Crippen LogP contribution in [0.1, 0.15) is 41.1 Å². The third-order valence-electron chi connectivity index (χ3n) is 4.30. The quantitative estimate of drug-likeness (QED) is 0.918. The smallest absolute Gasteiger partial charge is 0.251 e. The minimum Gasteiger partial charge on any atom is -0.466 e. The van der Waals surface area contributed by atoms with Crippen molar-refractivity contribution < 1.29 is 9.21 Å². The normalized spacial score (nSPS) is 14.7. The molecule has 122 valence electrons. The van der Waals surface area contributed by atoms with Crippen LogP contribution in [0.25, 0.3) is 0 Å². The van der Waals surface area contributed by atoms with Crippen molar-refractivity contribution in [1.29, 1.82) is 0 Å². The average Bonchev–Trinajstić information content (AvgIpc) is 3.01. The minimum absolute atomic E-state index is 0.0292. The Labute approximate surface area is 137 Å². The van der Waals surface area contributed by atoms with Gasteiger partial charge in [-0.2, -0.15) is 0 Å². The van der Waals surface area contributed by atoms with Crippen LogP contribution < -0.4 is 10.2 Å². The van der Waals surface area contributed by atoms with Crippen molar-refractivity contribution in [3.05, 3.63) is 53.5 Å². The van der Waals surface area contributed by atoms with E-state index in [2.05, 4.69) is 22.3 Å². The molecule has 0 unspecified atom stereocenters. The summed E-state index contributed by atoms with van der Waals surface area (Å²) in [6.07, 6.45) is 4.56. The first-order valence-corrected chi connectivity index (χ1v) is 8.41. The summed E-state index contributed by atoms with van der Waals surface area (Å²) in [5.74, 6) is 1.78. The van der Waals surface area contributed by atoms with Crippen LogP contribution in [-0.4, -0.2) is 25.5 Å². The molecular weight excluding hydrogens is 288 g/mol. The Morgan fingerprint density at radius 1 is 1.09 bits per heavy atom. The van der Waals surface area contributed by atoms with Gasteiger partial charge in [0.25, 0.3) is 5.91 Å². The molecule has 0 aliphatic carbocycles. The molecule has 1 fully saturated rings. The summed E-state index contributed by atoms with van der Waals surface area (Å²) in [5.41, 5.74) is 1.92. The molecular formula is C19H24N2O2. The fourth-order valence-corrected chi connectivity index (χ4v) is 3.00. The van der Waals surface area contributed by atoms with Gasteiger partial charge in [-0.15, -0.1) is 0 Å². The van der Waals surface area contributed by atoms with Gasteiger partial charge in [0.15, 0.2) is 0 Å².